The van der Waals surface area contributed by atoms with Gasteiger partial charge in [0.2, 0.25) is 0 Å². The van der Waals surface area contributed by atoms with Crippen LogP contribution in [0.25, 0.3) is 0 Å². The lowest BCUT2D eigenvalue weighted by Crippen LogP contribution is -2.40. The van der Waals surface area contributed by atoms with Gasteiger partial charge in [-0.3, -0.25) is 14.9 Å². The molecule has 0 saturated heterocycles. The molecule has 6 nitrogen and oxygen atoms in total. The molecule has 0 N–H and O–H groups in total. The van der Waals surface area contributed by atoms with Gasteiger partial charge in [0.05, 0.1) is 4.92 Å². The highest BCUT2D eigenvalue weighted by Gasteiger charge is 2.29. The highest BCUT2D eigenvalue weighted by atomic mass is 16.6. The number of carbonyl (C=O) groups is 1. The average Bonchev–Trinajstić information content (AvgIpc) is 2.46. The third-order valence-electron chi connectivity index (χ3n) is 4.36. The smallest absolute Gasteiger partial charge is 0.293 e. The fourth-order valence-corrected chi connectivity index (χ4v) is 3.14. The molecule has 3 atom stereocenters. The molecule has 22 heavy (non-hydrogen) atoms. The molecule has 2 rings (SSSR count). The van der Waals surface area contributed by atoms with Crippen LogP contribution >= 0.6 is 0 Å². The van der Waals surface area contributed by atoms with Crippen molar-refractivity contribution in [3.63, 3.8) is 0 Å². The molecule has 0 amide bonds. The van der Waals surface area contributed by atoms with Gasteiger partial charge in [-0.05, 0) is 37.8 Å². The number of ether oxygens (including phenoxy) is 1. The maximum Gasteiger partial charge on any atom is 0.293 e. The minimum Gasteiger partial charge on any atom is -0.465 e. The zero-order chi connectivity index (χ0) is 16.3. The summed E-state index contributed by atoms with van der Waals surface area (Å²) in [6.07, 6.45) is 1.54. The Hall–Kier alpha value is -2.11. The van der Waals surface area contributed by atoms with Crippen molar-refractivity contribution in [2.45, 2.75) is 51.7 Å². The summed E-state index contributed by atoms with van der Waals surface area (Å²) >= 11 is 0. The Kier molecular flexibility index (Phi) is 5.00. The van der Waals surface area contributed by atoms with Gasteiger partial charge in [-0.15, -0.1) is 0 Å². The maximum absolute atomic E-state index is 11.0. The first kappa shape index (κ1) is 16.3. The number of nitrogens with zero attached hydrogens (tertiary/aromatic N) is 2. The van der Waals surface area contributed by atoms with Crippen molar-refractivity contribution in [2.75, 3.05) is 11.4 Å². The Labute approximate surface area is 130 Å². The van der Waals surface area contributed by atoms with Crippen LogP contribution in [0, 0.1) is 10.1 Å². The van der Waals surface area contributed by atoms with E-state index in [1.54, 1.807) is 12.1 Å². The number of hydrogen-bond acceptors (Lipinski definition) is 5. The van der Waals surface area contributed by atoms with E-state index in [1.165, 1.54) is 0 Å². The van der Waals surface area contributed by atoms with E-state index in [2.05, 4.69) is 18.7 Å². The van der Waals surface area contributed by atoms with Gasteiger partial charge in [-0.1, -0.05) is 6.92 Å². The molecular formula is C16H22N2O4. The van der Waals surface area contributed by atoms with E-state index in [-0.39, 0.29) is 16.7 Å². The van der Waals surface area contributed by atoms with Crippen LogP contribution in [-0.2, 0) is 9.53 Å². The summed E-state index contributed by atoms with van der Waals surface area (Å²) in [5.41, 5.74) is 2.19. The van der Waals surface area contributed by atoms with E-state index < -0.39 is 0 Å². The lowest BCUT2D eigenvalue weighted by Gasteiger charge is -2.40. The molecule has 0 fully saturated rings. The number of fused-ring (bicyclic) bond motifs is 1. The summed E-state index contributed by atoms with van der Waals surface area (Å²) < 4.78 is 4.92. The second-order valence-electron chi connectivity index (χ2n) is 6.01. The zero-order valence-corrected chi connectivity index (χ0v) is 13.2. The number of hydrogen-bond donors (Lipinski definition) is 0. The Morgan fingerprint density at radius 1 is 1.50 bits per heavy atom. The second kappa shape index (κ2) is 6.77. The Morgan fingerprint density at radius 3 is 2.86 bits per heavy atom. The number of carbonyl (C=O) groups excluding carboxylic acids is 1. The van der Waals surface area contributed by atoms with Gasteiger partial charge >= 0.3 is 0 Å². The lowest BCUT2D eigenvalue weighted by molar-refractivity contribution is -0.384. The molecule has 0 spiro atoms. The van der Waals surface area contributed by atoms with Crippen molar-refractivity contribution in [3.8, 4) is 0 Å². The van der Waals surface area contributed by atoms with E-state index in [9.17, 15) is 14.9 Å². The molecule has 3 unspecified atom stereocenters. The molecule has 0 bridgehead atoms. The first-order valence-corrected chi connectivity index (χ1v) is 7.58. The van der Waals surface area contributed by atoms with E-state index >= 15 is 0 Å². The second-order valence-corrected chi connectivity index (χ2v) is 6.01. The highest BCUT2D eigenvalue weighted by Crippen LogP contribution is 2.40. The van der Waals surface area contributed by atoms with Crippen LogP contribution in [0.3, 0.4) is 0 Å². The lowest BCUT2D eigenvalue weighted by atomic mass is 9.87. The summed E-state index contributed by atoms with van der Waals surface area (Å²) in [6, 6.07) is 5.39. The van der Waals surface area contributed by atoms with E-state index in [0.717, 1.165) is 17.7 Å². The number of nitro groups is 1. The number of rotatable bonds is 6. The first-order valence-electron chi connectivity index (χ1n) is 7.58. The summed E-state index contributed by atoms with van der Waals surface area (Å²) in [5.74, 6) is 0.380. The van der Waals surface area contributed by atoms with Crippen LogP contribution in [-0.4, -0.2) is 30.1 Å². The first-order chi connectivity index (χ1) is 10.4. The minimum atomic E-state index is -0.361. The summed E-state index contributed by atoms with van der Waals surface area (Å²) in [5, 5.41) is 11.0. The zero-order valence-electron chi connectivity index (χ0n) is 13.2. The highest BCUT2D eigenvalue weighted by molar-refractivity contribution is 5.62. The molecule has 6 heteroatoms. The third-order valence-corrected chi connectivity index (χ3v) is 4.36. The largest absolute Gasteiger partial charge is 0.465 e. The van der Waals surface area contributed by atoms with Crippen molar-refractivity contribution < 1.29 is 14.5 Å². The van der Waals surface area contributed by atoms with E-state index in [1.807, 2.05) is 13.0 Å². The van der Waals surface area contributed by atoms with E-state index in [0.29, 0.717) is 31.4 Å². The summed E-state index contributed by atoms with van der Waals surface area (Å²) in [4.78, 5) is 23.2. The minimum absolute atomic E-state index is 0.113. The van der Waals surface area contributed by atoms with Crippen molar-refractivity contribution in [1.82, 2.24) is 0 Å². The molecule has 1 aromatic carbocycles. The van der Waals surface area contributed by atoms with Crippen LogP contribution in [0.2, 0.25) is 0 Å². The molecule has 1 aliphatic rings. The van der Waals surface area contributed by atoms with Crippen molar-refractivity contribution in [1.29, 1.82) is 0 Å². The van der Waals surface area contributed by atoms with Gasteiger partial charge in [-0.2, -0.15) is 0 Å². The quantitative estimate of drug-likeness (QED) is 0.458. The Morgan fingerprint density at radius 2 is 2.23 bits per heavy atom. The molecule has 1 heterocycles. The maximum atomic E-state index is 11.0. The van der Waals surface area contributed by atoms with Gasteiger partial charge in [-0.25, -0.2) is 0 Å². The van der Waals surface area contributed by atoms with Crippen LogP contribution in [0.5, 0.6) is 0 Å². The number of non-ortho nitro benzene ring substituents is 1. The third kappa shape index (κ3) is 3.37. The van der Waals surface area contributed by atoms with Crippen molar-refractivity contribution in [2.24, 2.45) is 0 Å². The predicted molar refractivity (Wildman–Crippen MR) is 84.2 cm³/mol. The normalized spacial score (nSPS) is 21.9. The molecule has 1 aliphatic heterocycles. The van der Waals surface area contributed by atoms with Gasteiger partial charge in [0.15, 0.2) is 0 Å². The monoisotopic (exact) mass is 306 g/mol. The molecular weight excluding hydrogens is 284 g/mol. The Bertz CT molecular complexity index is 561. The molecule has 120 valence electrons. The molecule has 0 aromatic heterocycles. The molecule has 0 aliphatic carbocycles. The Balaban J connectivity index is 2.26. The van der Waals surface area contributed by atoms with Gasteiger partial charge in [0.1, 0.15) is 6.10 Å². The van der Waals surface area contributed by atoms with Crippen molar-refractivity contribution >= 4 is 17.8 Å². The number of benzene rings is 1. The van der Waals surface area contributed by atoms with Gasteiger partial charge in [0, 0.05) is 36.8 Å². The van der Waals surface area contributed by atoms with Crippen LogP contribution < -0.4 is 4.90 Å². The molecule has 1 aromatic rings. The summed E-state index contributed by atoms with van der Waals surface area (Å²) in [6.45, 7) is 7.29. The van der Waals surface area contributed by atoms with Gasteiger partial charge < -0.3 is 9.64 Å². The molecule has 0 radical (unpaired) electrons. The van der Waals surface area contributed by atoms with Crippen molar-refractivity contribution in [3.05, 3.63) is 33.9 Å². The number of anilines is 1. The topological polar surface area (TPSA) is 72.7 Å². The number of nitro benzene ring substituents is 1. The SMILES string of the molecule is CC(CCN1c2cc([N+](=O)[O-])ccc2C(C)CC1C)OC=O. The molecule has 0 saturated carbocycles. The van der Waals surface area contributed by atoms with E-state index in [4.69, 9.17) is 4.74 Å². The van der Waals surface area contributed by atoms with Crippen LogP contribution in [0.4, 0.5) is 11.4 Å². The average molecular weight is 306 g/mol. The van der Waals surface area contributed by atoms with Crippen LogP contribution in [0.1, 0.15) is 45.1 Å². The summed E-state index contributed by atoms with van der Waals surface area (Å²) in [7, 11) is 0. The fraction of sp³-hybridized carbons (Fsp3) is 0.562. The van der Waals surface area contributed by atoms with Gasteiger partial charge in [0.25, 0.3) is 12.2 Å². The standard InChI is InChI=1S/C16H22N2O4/c1-11-8-12(2)17(7-6-13(3)22-10-19)16-9-14(18(20)21)4-5-15(11)16/h4-5,9-13H,6-8H2,1-3H3. The fourth-order valence-electron chi connectivity index (χ4n) is 3.14. The van der Waals surface area contributed by atoms with Crippen LogP contribution in [0.15, 0.2) is 18.2 Å². The predicted octanol–water partition coefficient (Wildman–Crippen LogP) is 3.25.